The summed E-state index contributed by atoms with van der Waals surface area (Å²) in [5, 5.41) is 0.963. The Morgan fingerprint density at radius 1 is 1.26 bits per heavy atom. The van der Waals surface area contributed by atoms with Gasteiger partial charge in [-0.2, -0.15) is 0 Å². The molecule has 1 saturated carbocycles. The summed E-state index contributed by atoms with van der Waals surface area (Å²) in [6, 6.07) is 8.75. The number of carbonyl (C=O) groups excluding carboxylic acids is 1. The zero-order valence-corrected chi connectivity index (χ0v) is 16.8. The van der Waals surface area contributed by atoms with Crippen molar-refractivity contribution in [1.29, 1.82) is 0 Å². The van der Waals surface area contributed by atoms with Gasteiger partial charge in [0.2, 0.25) is 11.5 Å². The van der Waals surface area contributed by atoms with Crippen LogP contribution in [0.5, 0.6) is 5.75 Å². The average Bonchev–Trinajstić information content (AvgIpc) is 2.66. The Morgan fingerprint density at radius 3 is 2.89 bits per heavy atom. The molecule has 1 N–H and O–H groups in total. The highest BCUT2D eigenvalue weighted by Gasteiger charge is 2.32. The molecule has 146 valence electrons. The third kappa shape index (κ3) is 5.17. The Labute approximate surface area is 168 Å². The molecule has 1 amide bonds. The summed E-state index contributed by atoms with van der Waals surface area (Å²) < 4.78 is 5.75. The van der Waals surface area contributed by atoms with E-state index in [1.165, 1.54) is 6.07 Å². The summed E-state index contributed by atoms with van der Waals surface area (Å²) in [6.07, 6.45) is 3.52. The van der Waals surface area contributed by atoms with Crippen LogP contribution in [0.2, 0.25) is 0 Å². The molecule has 0 radical (unpaired) electrons. The minimum absolute atomic E-state index is 0.000946. The number of hydrogen-bond acceptors (Lipinski definition) is 3. The van der Waals surface area contributed by atoms with Gasteiger partial charge in [0, 0.05) is 41.9 Å². The molecule has 0 saturated heterocycles. The lowest BCUT2D eigenvalue weighted by molar-refractivity contribution is -0.132. The van der Waals surface area contributed by atoms with Crippen molar-refractivity contribution >= 4 is 40.0 Å². The summed E-state index contributed by atoms with van der Waals surface area (Å²) >= 11 is 12.6. The van der Waals surface area contributed by atoms with E-state index < -0.39 is 0 Å². The number of benzene rings is 1. The first kappa shape index (κ1) is 20.0. The van der Waals surface area contributed by atoms with E-state index in [2.05, 4.69) is 4.98 Å². The Hall–Kier alpha value is -1.72. The highest BCUT2D eigenvalue weighted by Crippen LogP contribution is 2.30. The summed E-state index contributed by atoms with van der Waals surface area (Å²) in [5.74, 6) is 0.782. The molecule has 0 spiro atoms. The smallest absolute Gasteiger partial charge is 0.248 e. The van der Waals surface area contributed by atoms with E-state index in [0.717, 1.165) is 30.2 Å². The number of pyridine rings is 1. The molecule has 1 heterocycles. The molecule has 3 rings (SSSR count). The Morgan fingerprint density at radius 2 is 2.07 bits per heavy atom. The minimum atomic E-state index is -0.128. The normalized spacial score (nSPS) is 22.6. The third-order valence-corrected chi connectivity index (χ3v) is 5.97. The predicted octanol–water partition coefficient (Wildman–Crippen LogP) is 3.91. The van der Waals surface area contributed by atoms with Crippen molar-refractivity contribution in [2.45, 2.75) is 48.9 Å². The molecule has 2 aromatic rings. The second-order valence-corrected chi connectivity index (χ2v) is 8.20. The molecule has 3 unspecified atom stereocenters. The number of alkyl halides is 2. The number of halogens is 2. The van der Waals surface area contributed by atoms with Crippen LogP contribution < -0.4 is 10.3 Å². The summed E-state index contributed by atoms with van der Waals surface area (Å²) in [7, 11) is 1.81. The molecule has 1 aromatic carbocycles. The van der Waals surface area contributed by atoms with Crippen LogP contribution in [0.1, 0.15) is 32.1 Å². The van der Waals surface area contributed by atoms with Gasteiger partial charge in [-0.25, -0.2) is 0 Å². The predicted molar refractivity (Wildman–Crippen MR) is 109 cm³/mol. The molecule has 1 aliphatic rings. The van der Waals surface area contributed by atoms with Gasteiger partial charge < -0.3 is 14.6 Å². The number of H-pyrrole nitrogens is 1. The molecule has 0 aliphatic heterocycles. The monoisotopic (exact) mass is 410 g/mol. The fourth-order valence-electron chi connectivity index (χ4n) is 3.46. The largest absolute Gasteiger partial charge is 0.494 e. The molecule has 0 bridgehead atoms. The lowest BCUT2D eigenvalue weighted by Crippen LogP contribution is -2.46. The SMILES string of the molecule is CN(C(=O)CCCOc1ccc2[nH]c(=O)ccc2c1)C1CC(Cl)CCC1Cl. The van der Waals surface area contributed by atoms with Gasteiger partial charge in [0.15, 0.2) is 0 Å². The number of aromatic nitrogens is 1. The number of aromatic amines is 1. The van der Waals surface area contributed by atoms with Crippen molar-refractivity contribution in [3.05, 3.63) is 40.7 Å². The molecule has 1 aromatic heterocycles. The molecule has 7 heteroatoms. The van der Waals surface area contributed by atoms with Crippen LogP contribution in [-0.4, -0.2) is 46.2 Å². The first-order valence-electron chi connectivity index (χ1n) is 9.24. The van der Waals surface area contributed by atoms with E-state index in [-0.39, 0.29) is 28.3 Å². The lowest BCUT2D eigenvalue weighted by Gasteiger charge is -2.36. The van der Waals surface area contributed by atoms with Crippen LogP contribution >= 0.6 is 23.2 Å². The number of nitrogens with one attached hydrogen (secondary N) is 1. The zero-order chi connectivity index (χ0) is 19.4. The molecular formula is C20H24Cl2N2O3. The van der Waals surface area contributed by atoms with Gasteiger partial charge in [-0.05, 0) is 49.9 Å². The molecular weight excluding hydrogens is 387 g/mol. The van der Waals surface area contributed by atoms with Crippen LogP contribution in [-0.2, 0) is 4.79 Å². The van der Waals surface area contributed by atoms with Crippen LogP contribution in [0.4, 0.5) is 0 Å². The topological polar surface area (TPSA) is 62.4 Å². The van der Waals surface area contributed by atoms with Crippen molar-refractivity contribution in [2.75, 3.05) is 13.7 Å². The standard InChI is InChI=1S/C20H24Cl2N2O3/c1-24(18-12-14(21)5-7-16(18)22)20(26)3-2-10-27-15-6-8-17-13(11-15)4-9-19(25)23-17/h4,6,8-9,11,14,16,18H,2-3,5,7,10,12H2,1H3,(H,23,25). The maximum Gasteiger partial charge on any atom is 0.248 e. The maximum absolute atomic E-state index is 12.4. The molecule has 1 aliphatic carbocycles. The molecule has 27 heavy (non-hydrogen) atoms. The van der Waals surface area contributed by atoms with Gasteiger partial charge in [-0.1, -0.05) is 0 Å². The Balaban J connectivity index is 1.47. The van der Waals surface area contributed by atoms with Gasteiger partial charge in [0.25, 0.3) is 0 Å². The number of carbonyl (C=O) groups is 1. The Bertz CT molecular complexity index is 854. The second-order valence-electron chi connectivity index (χ2n) is 7.02. The van der Waals surface area contributed by atoms with E-state index in [1.807, 2.05) is 25.2 Å². The lowest BCUT2D eigenvalue weighted by atomic mass is 9.93. The summed E-state index contributed by atoms with van der Waals surface area (Å²) in [4.78, 5) is 28.3. The van der Waals surface area contributed by atoms with Crippen LogP contribution in [0, 0.1) is 0 Å². The van der Waals surface area contributed by atoms with Crippen molar-refractivity contribution in [3.63, 3.8) is 0 Å². The van der Waals surface area contributed by atoms with Crippen LogP contribution in [0.3, 0.4) is 0 Å². The number of hydrogen-bond donors (Lipinski definition) is 1. The van der Waals surface area contributed by atoms with Crippen molar-refractivity contribution in [3.8, 4) is 5.75 Å². The summed E-state index contributed by atoms with van der Waals surface area (Å²) in [5.41, 5.74) is 0.642. The molecule has 3 atom stereocenters. The first-order chi connectivity index (χ1) is 12.9. The third-order valence-electron chi connectivity index (χ3n) is 5.06. The summed E-state index contributed by atoms with van der Waals surface area (Å²) in [6.45, 7) is 0.446. The van der Waals surface area contributed by atoms with Crippen molar-refractivity contribution < 1.29 is 9.53 Å². The van der Waals surface area contributed by atoms with Crippen molar-refractivity contribution in [2.24, 2.45) is 0 Å². The Kier molecular flexibility index (Phi) is 6.66. The zero-order valence-electron chi connectivity index (χ0n) is 15.3. The highest BCUT2D eigenvalue weighted by atomic mass is 35.5. The average molecular weight is 411 g/mol. The fourth-order valence-corrected chi connectivity index (χ4v) is 4.16. The van der Waals surface area contributed by atoms with Crippen LogP contribution in [0.15, 0.2) is 35.1 Å². The first-order valence-corrected chi connectivity index (χ1v) is 10.1. The van der Waals surface area contributed by atoms with Gasteiger partial charge in [0.05, 0.1) is 12.0 Å². The quantitative estimate of drug-likeness (QED) is 0.579. The minimum Gasteiger partial charge on any atom is -0.494 e. The van der Waals surface area contributed by atoms with Crippen molar-refractivity contribution in [1.82, 2.24) is 9.88 Å². The fraction of sp³-hybridized carbons (Fsp3) is 0.500. The van der Waals surface area contributed by atoms with Gasteiger partial charge in [-0.3, -0.25) is 9.59 Å². The number of rotatable bonds is 6. The second kappa shape index (κ2) is 8.98. The van der Waals surface area contributed by atoms with E-state index in [4.69, 9.17) is 27.9 Å². The van der Waals surface area contributed by atoms with Crippen LogP contribution in [0.25, 0.3) is 10.9 Å². The van der Waals surface area contributed by atoms with Gasteiger partial charge >= 0.3 is 0 Å². The maximum atomic E-state index is 12.4. The van der Waals surface area contributed by atoms with E-state index in [1.54, 1.807) is 11.0 Å². The number of fused-ring (bicyclic) bond motifs is 1. The highest BCUT2D eigenvalue weighted by molar-refractivity contribution is 6.23. The van der Waals surface area contributed by atoms with Gasteiger partial charge in [-0.15, -0.1) is 23.2 Å². The number of amides is 1. The van der Waals surface area contributed by atoms with E-state index in [0.29, 0.717) is 25.2 Å². The molecule has 5 nitrogen and oxygen atoms in total. The van der Waals surface area contributed by atoms with Gasteiger partial charge in [0.1, 0.15) is 5.75 Å². The number of nitrogens with zero attached hydrogens (tertiary/aromatic N) is 1. The van der Waals surface area contributed by atoms with E-state index >= 15 is 0 Å². The molecule has 1 fully saturated rings. The van der Waals surface area contributed by atoms with E-state index in [9.17, 15) is 9.59 Å². The number of ether oxygens (including phenoxy) is 1.